The summed E-state index contributed by atoms with van der Waals surface area (Å²) in [6, 6.07) is 0.249. The lowest BCUT2D eigenvalue weighted by atomic mass is 9.80. The largest absolute Gasteiger partial charge is 0.342 e. The van der Waals surface area contributed by atoms with Gasteiger partial charge in [-0.1, -0.05) is 34.1 Å². The van der Waals surface area contributed by atoms with Gasteiger partial charge in [0.2, 0.25) is 5.91 Å². The molecule has 19 heavy (non-hydrogen) atoms. The summed E-state index contributed by atoms with van der Waals surface area (Å²) in [5.74, 6) is 1.14. The van der Waals surface area contributed by atoms with Gasteiger partial charge < -0.3 is 10.6 Å². The van der Waals surface area contributed by atoms with Crippen molar-refractivity contribution in [1.82, 2.24) is 4.90 Å². The third kappa shape index (κ3) is 5.13. The van der Waals surface area contributed by atoms with Gasteiger partial charge in [0.15, 0.2) is 0 Å². The molecule has 0 bridgehead atoms. The molecule has 0 spiro atoms. The summed E-state index contributed by atoms with van der Waals surface area (Å²) < 4.78 is 0. The van der Waals surface area contributed by atoms with Gasteiger partial charge in [-0.15, -0.1) is 0 Å². The first-order chi connectivity index (χ1) is 8.71. The molecule has 112 valence electrons. The van der Waals surface area contributed by atoms with Crippen LogP contribution in [0.4, 0.5) is 0 Å². The van der Waals surface area contributed by atoms with Crippen LogP contribution in [0, 0.1) is 17.3 Å². The summed E-state index contributed by atoms with van der Waals surface area (Å²) in [7, 11) is 0. The Morgan fingerprint density at radius 3 is 2.42 bits per heavy atom. The Bertz CT molecular complexity index is 294. The zero-order valence-corrected chi connectivity index (χ0v) is 13.4. The summed E-state index contributed by atoms with van der Waals surface area (Å²) >= 11 is 0. The van der Waals surface area contributed by atoms with Crippen LogP contribution in [0.15, 0.2) is 0 Å². The van der Waals surface area contributed by atoms with Crippen LogP contribution < -0.4 is 5.73 Å². The number of likely N-dealkylation sites (tertiary alicyclic amines) is 1. The number of hydrogen-bond donors (Lipinski definition) is 1. The van der Waals surface area contributed by atoms with Crippen LogP contribution in [0.5, 0.6) is 0 Å². The van der Waals surface area contributed by atoms with Crippen LogP contribution in [0.2, 0.25) is 0 Å². The van der Waals surface area contributed by atoms with Crippen molar-refractivity contribution >= 4 is 5.91 Å². The van der Waals surface area contributed by atoms with Crippen LogP contribution in [-0.4, -0.2) is 29.9 Å². The molecule has 1 saturated heterocycles. The second-order valence-corrected chi connectivity index (χ2v) is 7.45. The molecule has 1 heterocycles. The van der Waals surface area contributed by atoms with Gasteiger partial charge in [-0.25, -0.2) is 0 Å². The molecule has 0 aliphatic carbocycles. The zero-order valence-electron chi connectivity index (χ0n) is 13.4. The molecule has 0 radical (unpaired) electrons. The summed E-state index contributed by atoms with van der Waals surface area (Å²) in [5, 5.41) is 0. The number of carbonyl (C=O) groups is 1. The Labute approximate surface area is 118 Å². The number of amides is 1. The van der Waals surface area contributed by atoms with E-state index in [2.05, 4.69) is 32.6 Å². The first kappa shape index (κ1) is 16.5. The number of hydrogen-bond acceptors (Lipinski definition) is 2. The molecule has 0 saturated carbocycles. The van der Waals surface area contributed by atoms with Crippen molar-refractivity contribution in [2.75, 3.05) is 13.1 Å². The van der Waals surface area contributed by atoms with Gasteiger partial charge in [0.25, 0.3) is 0 Å². The fraction of sp³-hybridized carbons (Fsp3) is 0.938. The molecule has 0 aromatic rings. The van der Waals surface area contributed by atoms with Gasteiger partial charge in [-0.05, 0) is 37.5 Å². The maximum absolute atomic E-state index is 12.4. The van der Waals surface area contributed by atoms with Crippen LogP contribution in [0.3, 0.4) is 0 Å². The lowest BCUT2D eigenvalue weighted by Crippen LogP contribution is -2.35. The number of rotatable bonds is 5. The highest BCUT2D eigenvalue weighted by Crippen LogP contribution is 2.34. The van der Waals surface area contributed by atoms with Crippen LogP contribution in [-0.2, 0) is 4.79 Å². The highest BCUT2D eigenvalue weighted by molar-refractivity contribution is 5.78. The van der Waals surface area contributed by atoms with E-state index in [1.165, 1.54) is 0 Å². The molecule has 0 aromatic heterocycles. The van der Waals surface area contributed by atoms with Gasteiger partial charge in [0.1, 0.15) is 0 Å². The molecular formula is C16H32N2O. The molecule has 1 aliphatic heterocycles. The Morgan fingerprint density at radius 2 is 1.95 bits per heavy atom. The van der Waals surface area contributed by atoms with E-state index in [0.717, 1.165) is 38.8 Å². The lowest BCUT2D eigenvalue weighted by Gasteiger charge is -2.27. The SMILES string of the molecule is CC(N)CCCC(C)C(=O)N1CCC(C(C)(C)C)C1. The zero-order chi connectivity index (χ0) is 14.6. The number of nitrogens with zero attached hydrogens (tertiary/aromatic N) is 1. The molecule has 1 fully saturated rings. The molecule has 2 N–H and O–H groups in total. The van der Waals surface area contributed by atoms with Crippen molar-refractivity contribution < 1.29 is 4.79 Å². The highest BCUT2D eigenvalue weighted by atomic mass is 16.2. The predicted molar refractivity (Wildman–Crippen MR) is 80.8 cm³/mol. The maximum atomic E-state index is 12.4. The van der Waals surface area contributed by atoms with Crippen molar-refractivity contribution in [3.63, 3.8) is 0 Å². The van der Waals surface area contributed by atoms with Crippen LogP contribution >= 0.6 is 0 Å². The molecule has 1 rings (SSSR count). The van der Waals surface area contributed by atoms with E-state index in [9.17, 15) is 4.79 Å². The number of carbonyl (C=O) groups excluding carboxylic acids is 1. The van der Waals surface area contributed by atoms with Crippen molar-refractivity contribution in [2.24, 2.45) is 23.0 Å². The first-order valence-corrected chi connectivity index (χ1v) is 7.76. The van der Waals surface area contributed by atoms with Gasteiger partial charge in [0, 0.05) is 25.0 Å². The van der Waals surface area contributed by atoms with Crippen LogP contribution in [0.25, 0.3) is 0 Å². The average molecular weight is 268 g/mol. The maximum Gasteiger partial charge on any atom is 0.225 e. The Hall–Kier alpha value is -0.570. The normalized spacial score (nSPS) is 23.5. The lowest BCUT2D eigenvalue weighted by molar-refractivity contribution is -0.134. The minimum Gasteiger partial charge on any atom is -0.342 e. The second-order valence-electron chi connectivity index (χ2n) is 7.45. The molecule has 0 aromatic carbocycles. The number of nitrogens with two attached hydrogens (primary N) is 1. The Morgan fingerprint density at radius 1 is 1.32 bits per heavy atom. The predicted octanol–water partition coefficient (Wildman–Crippen LogP) is 3.03. The second kappa shape index (κ2) is 6.74. The van der Waals surface area contributed by atoms with E-state index in [-0.39, 0.29) is 12.0 Å². The van der Waals surface area contributed by atoms with E-state index in [1.54, 1.807) is 0 Å². The van der Waals surface area contributed by atoms with Gasteiger partial charge >= 0.3 is 0 Å². The smallest absolute Gasteiger partial charge is 0.225 e. The van der Waals surface area contributed by atoms with Crippen molar-refractivity contribution in [2.45, 2.75) is 66.3 Å². The van der Waals surface area contributed by atoms with Crippen LogP contribution in [0.1, 0.15) is 60.3 Å². The quantitative estimate of drug-likeness (QED) is 0.833. The molecule has 1 aliphatic rings. The summed E-state index contributed by atoms with van der Waals surface area (Å²) in [6.45, 7) is 12.8. The summed E-state index contributed by atoms with van der Waals surface area (Å²) in [5.41, 5.74) is 6.06. The minimum atomic E-state index is 0.150. The fourth-order valence-corrected chi connectivity index (χ4v) is 2.85. The van der Waals surface area contributed by atoms with Gasteiger partial charge in [0.05, 0.1) is 0 Å². The topological polar surface area (TPSA) is 46.3 Å². The first-order valence-electron chi connectivity index (χ1n) is 7.76. The minimum absolute atomic E-state index is 0.150. The van der Waals surface area contributed by atoms with Crippen molar-refractivity contribution in [3.05, 3.63) is 0 Å². The van der Waals surface area contributed by atoms with Crippen molar-refractivity contribution in [1.29, 1.82) is 0 Å². The van der Waals surface area contributed by atoms with E-state index >= 15 is 0 Å². The monoisotopic (exact) mass is 268 g/mol. The molecule has 3 unspecified atom stereocenters. The molecule has 3 nitrogen and oxygen atoms in total. The third-order valence-electron chi connectivity index (χ3n) is 4.44. The Balaban J connectivity index is 2.38. The van der Waals surface area contributed by atoms with E-state index in [4.69, 9.17) is 5.73 Å². The highest BCUT2D eigenvalue weighted by Gasteiger charge is 2.34. The molecular weight excluding hydrogens is 236 g/mol. The fourth-order valence-electron chi connectivity index (χ4n) is 2.85. The standard InChI is InChI=1S/C16H32N2O/c1-12(7-6-8-13(2)17)15(19)18-10-9-14(11-18)16(3,4)5/h12-14H,6-11,17H2,1-5H3. The van der Waals surface area contributed by atoms with Gasteiger partial charge in [-0.2, -0.15) is 0 Å². The molecule has 1 amide bonds. The van der Waals surface area contributed by atoms with E-state index < -0.39 is 0 Å². The van der Waals surface area contributed by atoms with E-state index in [1.807, 2.05) is 6.92 Å². The molecule has 3 atom stereocenters. The third-order valence-corrected chi connectivity index (χ3v) is 4.44. The van der Waals surface area contributed by atoms with Crippen molar-refractivity contribution in [3.8, 4) is 0 Å². The molecule has 3 heteroatoms. The summed E-state index contributed by atoms with van der Waals surface area (Å²) in [6.07, 6.45) is 4.20. The van der Waals surface area contributed by atoms with E-state index in [0.29, 0.717) is 17.2 Å². The Kier molecular flexibility index (Phi) is 5.84. The summed E-state index contributed by atoms with van der Waals surface area (Å²) in [4.78, 5) is 14.5. The van der Waals surface area contributed by atoms with Gasteiger partial charge in [-0.3, -0.25) is 4.79 Å². The average Bonchev–Trinajstić information content (AvgIpc) is 2.76.